The Balaban J connectivity index is 2.36. The summed E-state index contributed by atoms with van der Waals surface area (Å²) in [5, 5.41) is 14.6. The van der Waals surface area contributed by atoms with Crippen LogP contribution in [0.5, 0.6) is 0 Å². The van der Waals surface area contributed by atoms with E-state index in [-0.39, 0.29) is 5.56 Å². The zero-order chi connectivity index (χ0) is 16.6. The number of rotatable bonds is 3. The van der Waals surface area contributed by atoms with Gasteiger partial charge in [-0.2, -0.15) is 5.10 Å². The normalized spacial score (nSPS) is 10.7. The smallest absolute Gasteiger partial charge is 0.339 e. The van der Waals surface area contributed by atoms with Crippen LogP contribution in [0.4, 0.5) is 0 Å². The molecule has 0 aliphatic heterocycles. The molecule has 6 heteroatoms. The summed E-state index contributed by atoms with van der Waals surface area (Å²) in [7, 11) is 0. The molecule has 1 N–H and O–H groups in total. The molecule has 2 heterocycles. The highest BCUT2D eigenvalue weighted by atomic mass is 35.5. The third-order valence-electron chi connectivity index (χ3n) is 3.61. The van der Waals surface area contributed by atoms with Gasteiger partial charge in [0.05, 0.1) is 17.1 Å². The number of carboxylic acid groups (broad SMARTS) is 1. The maximum absolute atomic E-state index is 11.7. The van der Waals surface area contributed by atoms with Gasteiger partial charge in [-0.05, 0) is 43.7 Å². The average Bonchev–Trinajstić information content (AvgIpc) is 2.88. The van der Waals surface area contributed by atoms with Gasteiger partial charge in [-0.15, -0.1) is 0 Å². The van der Waals surface area contributed by atoms with Crippen molar-refractivity contribution in [3.8, 4) is 16.9 Å². The molecule has 5 nitrogen and oxygen atoms in total. The summed E-state index contributed by atoms with van der Waals surface area (Å²) in [4.78, 5) is 15.8. The van der Waals surface area contributed by atoms with E-state index in [1.165, 1.54) is 0 Å². The van der Waals surface area contributed by atoms with Crippen LogP contribution in [0.25, 0.3) is 16.9 Å². The van der Waals surface area contributed by atoms with Gasteiger partial charge in [0.2, 0.25) is 0 Å². The first-order valence-electron chi connectivity index (χ1n) is 6.99. The number of benzene rings is 1. The minimum absolute atomic E-state index is 0.164. The zero-order valence-corrected chi connectivity index (χ0v) is 13.4. The highest BCUT2D eigenvalue weighted by molar-refractivity contribution is 6.30. The van der Waals surface area contributed by atoms with Crippen LogP contribution in [-0.4, -0.2) is 25.8 Å². The molecule has 0 aliphatic carbocycles. The summed E-state index contributed by atoms with van der Waals surface area (Å²) in [5.41, 5.74) is 3.47. The Hall–Kier alpha value is -2.66. The monoisotopic (exact) mass is 327 g/mol. The number of hydrogen-bond acceptors (Lipinski definition) is 3. The van der Waals surface area contributed by atoms with Crippen molar-refractivity contribution in [3.05, 3.63) is 64.6 Å². The molecule has 1 aromatic carbocycles. The van der Waals surface area contributed by atoms with Crippen molar-refractivity contribution in [1.82, 2.24) is 14.8 Å². The van der Waals surface area contributed by atoms with Crippen LogP contribution < -0.4 is 0 Å². The second-order valence-corrected chi connectivity index (χ2v) is 5.63. The minimum Gasteiger partial charge on any atom is -0.478 e. The molecule has 0 unspecified atom stereocenters. The summed E-state index contributed by atoms with van der Waals surface area (Å²) >= 11 is 6.10. The van der Waals surface area contributed by atoms with Crippen LogP contribution in [0.3, 0.4) is 0 Å². The Morgan fingerprint density at radius 3 is 2.70 bits per heavy atom. The molecule has 0 saturated carbocycles. The molecule has 0 fully saturated rings. The highest BCUT2D eigenvalue weighted by Gasteiger charge is 2.24. The summed E-state index contributed by atoms with van der Waals surface area (Å²) in [6.07, 6.45) is 3.27. The minimum atomic E-state index is -1.02. The Kier molecular flexibility index (Phi) is 3.88. The molecule has 0 atom stereocenters. The van der Waals surface area contributed by atoms with E-state index in [0.717, 1.165) is 11.3 Å². The number of halogens is 1. The first kappa shape index (κ1) is 15.2. The van der Waals surface area contributed by atoms with E-state index in [4.69, 9.17) is 11.6 Å². The van der Waals surface area contributed by atoms with Gasteiger partial charge in [-0.1, -0.05) is 17.7 Å². The quantitative estimate of drug-likeness (QED) is 0.792. The number of carbonyl (C=O) groups is 1. The fourth-order valence-corrected chi connectivity index (χ4v) is 2.70. The molecule has 0 aliphatic rings. The molecule has 116 valence electrons. The Bertz CT molecular complexity index is 888. The van der Waals surface area contributed by atoms with Crippen LogP contribution in [0, 0.1) is 13.8 Å². The standard InChI is InChI=1S/C17H14ClN3O2/c1-10-5-6-13(18)8-14(10)21-16(12-4-3-7-19-9-12)15(17(22)23)11(2)20-21/h3-9H,1-2H3,(H,22,23). The van der Waals surface area contributed by atoms with Gasteiger partial charge in [0.1, 0.15) is 5.56 Å². The first-order valence-corrected chi connectivity index (χ1v) is 7.36. The average molecular weight is 328 g/mol. The second kappa shape index (κ2) is 5.85. The van der Waals surface area contributed by atoms with Crippen molar-refractivity contribution in [1.29, 1.82) is 0 Å². The van der Waals surface area contributed by atoms with Crippen LogP contribution in [0.1, 0.15) is 21.6 Å². The molecular weight excluding hydrogens is 314 g/mol. The Morgan fingerprint density at radius 2 is 2.04 bits per heavy atom. The lowest BCUT2D eigenvalue weighted by molar-refractivity contribution is 0.0697. The molecule has 0 spiro atoms. The lowest BCUT2D eigenvalue weighted by Gasteiger charge is -2.11. The molecule has 0 radical (unpaired) electrons. The molecule has 0 amide bonds. The predicted octanol–water partition coefficient (Wildman–Crippen LogP) is 3.90. The van der Waals surface area contributed by atoms with Crippen LogP contribution in [0.2, 0.25) is 5.02 Å². The van der Waals surface area contributed by atoms with Crippen LogP contribution in [-0.2, 0) is 0 Å². The molecule has 0 saturated heterocycles. The number of carboxylic acids is 1. The summed E-state index contributed by atoms with van der Waals surface area (Å²) in [5.74, 6) is -1.02. The zero-order valence-electron chi connectivity index (χ0n) is 12.6. The number of aryl methyl sites for hydroxylation is 2. The van der Waals surface area contributed by atoms with E-state index in [9.17, 15) is 9.90 Å². The van der Waals surface area contributed by atoms with Gasteiger partial charge in [0.15, 0.2) is 0 Å². The van der Waals surface area contributed by atoms with E-state index in [1.807, 2.05) is 19.1 Å². The predicted molar refractivity (Wildman–Crippen MR) is 88.2 cm³/mol. The van der Waals surface area contributed by atoms with Gasteiger partial charge in [-0.3, -0.25) is 4.98 Å². The van der Waals surface area contributed by atoms with E-state index in [0.29, 0.717) is 22.0 Å². The van der Waals surface area contributed by atoms with Gasteiger partial charge in [0, 0.05) is 23.0 Å². The third kappa shape index (κ3) is 2.71. The Morgan fingerprint density at radius 1 is 1.26 bits per heavy atom. The molecule has 3 aromatic rings. The molecule has 0 bridgehead atoms. The Labute approximate surface area is 138 Å². The van der Waals surface area contributed by atoms with E-state index in [2.05, 4.69) is 10.1 Å². The lowest BCUT2D eigenvalue weighted by atomic mass is 10.1. The van der Waals surface area contributed by atoms with E-state index in [1.54, 1.807) is 42.2 Å². The van der Waals surface area contributed by atoms with Crippen LogP contribution >= 0.6 is 11.6 Å². The number of aromatic carboxylic acids is 1. The van der Waals surface area contributed by atoms with Crippen molar-refractivity contribution in [2.45, 2.75) is 13.8 Å². The van der Waals surface area contributed by atoms with Crippen LogP contribution in [0.15, 0.2) is 42.7 Å². The molecular formula is C17H14ClN3O2. The van der Waals surface area contributed by atoms with Crippen molar-refractivity contribution in [2.75, 3.05) is 0 Å². The summed E-state index contributed by atoms with van der Waals surface area (Å²) in [6.45, 7) is 3.61. The number of nitrogens with zero attached hydrogens (tertiary/aromatic N) is 3. The molecule has 23 heavy (non-hydrogen) atoms. The van der Waals surface area contributed by atoms with Gasteiger partial charge >= 0.3 is 5.97 Å². The lowest BCUT2D eigenvalue weighted by Crippen LogP contribution is -2.04. The third-order valence-corrected chi connectivity index (χ3v) is 3.84. The van der Waals surface area contributed by atoms with Crippen molar-refractivity contribution in [2.24, 2.45) is 0 Å². The largest absolute Gasteiger partial charge is 0.478 e. The van der Waals surface area contributed by atoms with E-state index >= 15 is 0 Å². The topological polar surface area (TPSA) is 68.0 Å². The number of pyridine rings is 1. The highest BCUT2D eigenvalue weighted by Crippen LogP contribution is 2.30. The van der Waals surface area contributed by atoms with Crippen molar-refractivity contribution in [3.63, 3.8) is 0 Å². The summed E-state index contributed by atoms with van der Waals surface area (Å²) < 4.78 is 1.62. The maximum atomic E-state index is 11.7. The number of aromatic nitrogens is 3. The van der Waals surface area contributed by atoms with Crippen molar-refractivity contribution < 1.29 is 9.90 Å². The first-order chi connectivity index (χ1) is 11.0. The van der Waals surface area contributed by atoms with Crippen molar-refractivity contribution >= 4 is 17.6 Å². The second-order valence-electron chi connectivity index (χ2n) is 5.20. The fraction of sp³-hybridized carbons (Fsp3) is 0.118. The van der Waals surface area contributed by atoms with Gasteiger partial charge in [-0.25, -0.2) is 9.48 Å². The summed E-state index contributed by atoms with van der Waals surface area (Å²) in [6, 6.07) is 9.01. The van der Waals surface area contributed by atoms with Gasteiger partial charge < -0.3 is 5.11 Å². The van der Waals surface area contributed by atoms with E-state index < -0.39 is 5.97 Å². The maximum Gasteiger partial charge on any atom is 0.339 e. The van der Waals surface area contributed by atoms with Gasteiger partial charge in [0.25, 0.3) is 0 Å². The molecule has 3 rings (SSSR count). The fourth-order valence-electron chi connectivity index (χ4n) is 2.54. The SMILES string of the molecule is Cc1ccc(Cl)cc1-n1nc(C)c(C(=O)O)c1-c1cccnc1. The molecule has 2 aromatic heterocycles. The number of hydrogen-bond donors (Lipinski definition) is 1.